The van der Waals surface area contributed by atoms with E-state index in [-0.39, 0.29) is 18.1 Å². The first-order chi connectivity index (χ1) is 8.45. The summed E-state index contributed by atoms with van der Waals surface area (Å²) in [6.45, 7) is 3.66. The first-order valence-electron chi connectivity index (χ1n) is 5.80. The van der Waals surface area contributed by atoms with E-state index >= 15 is 0 Å². The lowest BCUT2D eigenvalue weighted by molar-refractivity contribution is -0.151. The van der Waals surface area contributed by atoms with Crippen molar-refractivity contribution >= 4 is 23.4 Å². The van der Waals surface area contributed by atoms with Crippen molar-refractivity contribution in [3.63, 3.8) is 0 Å². The zero-order chi connectivity index (χ0) is 13.7. The average molecular weight is 269 g/mol. The number of hydrogen-bond acceptors (Lipinski definition) is 3. The van der Waals surface area contributed by atoms with Crippen molar-refractivity contribution in [2.24, 2.45) is 11.8 Å². The van der Waals surface area contributed by atoms with Gasteiger partial charge in [-0.05, 0) is 23.6 Å². The van der Waals surface area contributed by atoms with Crippen molar-refractivity contribution in [2.75, 3.05) is 7.11 Å². The highest BCUT2D eigenvalue weighted by Gasteiger charge is 2.30. The maximum absolute atomic E-state index is 12.1. The predicted octanol–water partition coefficient (Wildman–Crippen LogP) is 2.90. The van der Waals surface area contributed by atoms with Gasteiger partial charge in [0.05, 0.1) is 7.11 Å². The lowest BCUT2D eigenvalue weighted by Crippen LogP contribution is -2.31. The number of hydrogen-bond donors (Lipinski definition) is 0. The standard InChI is InChI=1S/C14H17ClO3/c1-9(2)13(14(17)18-3)12(16)8-10-5-4-6-11(15)7-10/h4-7,9,13H,8H2,1-3H3. The van der Waals surface area contributed by atoms with Crippen molar-refractivity contribution < 1.29 is 14.3 Å². The van der Waals surface area contributed by atoms with Crippen LogP contribution in [0.1, 0.15) is 19.4 Å². The Morgan fingerprint density at radius 1 is 1.33 bits per heavy atom. The van der Waals surface area contributed by atoms with Crippen LogP contribution in [0.5, 0.6) is 0 Å². The molecular weight excluding hydrogens is 252 g/mol. The van der Waals surface area contributed by atoms with Gasteiger partial charge in [-0.2, -0.15) is 0 Å². The van der Waals surface area contributed by atoms with Crippen LogP contribution in [0, 0.1) is 11.8 Å². The van der Waals surface area contributed by atoms with Gasteiger partial charge in [0.15, 0.2) is 5.78 Å². The van der Waals surface area contributed by atoms with E-state index in [2.05, 4.69) is 4.74 Å². The summed E-state index contributed by atoms with van der Waals surface area (Å²) in [5.41, 5.74) is 0.807. The number of rotatable bonds is 5. The lowest BCUT2D eigenvalue weighted by atomic mass is 9.88. The van der Waals surface area contributed by atoms with E-state index in [1.54, 1.807) is 18.2 Å². The van der Waals surface area contributed by atoms with Gasteiger partial charge in [-0.15, -0.1) is 0 Å². The molecule has 1 atom stereocenters. The third kappa shape index (κ3) is 3.84. The summed E-state index contributed by atoms with van der Waals surface area (Å²) in [5, 5.41) is 0.583. The fourth-order valence-corrected chi connectivity index (χ4v) is 2.07. The number of ketones is 1. The van der Waals surface area contributed by atoms with Gasteiger partial charge in [0.1, 0.15) is 5.92 Å². The summed E-state index contributed by atoms with van der Waals surface area (Å²) in [6, 6.07) is 7.08. The van der Waals surface area contributed by atoms with Crippen molar-refractivity contribution in [3.8, 4) is 0 Å². The minimum atomic E-state index is -0.714. The number of benzene rings is 1. The molecular formula is C14H17ClO3. The first kappa shape index (κ1) is 14.7. The van der Waals surface area contributed by atoms with Gasteiger partial charge in [-0.25, -0.2) is 0 Å². The molecule has 1 aromatic carbocycles. The number of esters is 1. The molecule has 0 bridgehead atoms. The fourth-order valence-electron chi connectivity index (χ4n) is 1.86. The minimum absolute atomic E-state index is 0.0795. The van der Waals surface area contributed by atoms with E-state index in [9.17, 15) is 9.59 Å². The summed E-state index contributed by atoms with van der Waals surface area (Å²) in [7, 11) is 1.30. The Hall–Kier alpha value is -1.35. The molecule has 0 spiro atoms. The highest BCUT2D eigenvalue weighted by atomic mass is 35.5. The van der Waals surface area contributed by atoms with Crippen LogP contribution in [-0.4, -0.2) is 18.9 Å². The number of Topliss-reactive ketones (excluding diaryl/α,β-unsaturated/α-hetero) is 1. The molecule has 98 valence electrons. The Morgan fingerprint density at radius 2 is 2.00 bits per heavy atom. The van der Waals surface area contributed by atoms with Gasteiger partial charge < -0.3 is 4.74 Å². The maximum Gasteiger partial charge on any atom is 0.316 e. The van der Waals surface area contributed by atoms with Crippen LogP contribution in [0.15, 0.2) is 24.3 Å². The van der Waals surface area contributed by atoms with Crippen molar-refractivity contribution in [2.45, 2.75) is 20.3 Å². The molecule has 0 heterocycles. The maximum atomic E-state index is 12.1. The van der Waals surface area contributed by atoms with E-state index < -0.39 is 11.9 Å². The van der Waals surface area contributed by atoms with E-state index in [0.717, 1.165) is 5.56 Å². The number of ether oxygens (including phenoxy) is 1. The SMILES string of the molecule is COC(=O)C(C(=O)Cc1cccc(Cl)c1)C(C)C. The average Bonchev–Trinajstić information content (AvgIpc) is 2.28. The molecule has 0 radical (unpaired) electrons. The van der Waals surface area contributed by atoms with Crippen molar-refractivity contribution in [3.05, 3.63) is 34.9 Å². The molecule has 1 rings (SSSR count). The van der Waals surface area contributed by atoms with E-state index in [0.29, 0.717) is 5.02 Å². The highest BCUT2D eigenvalue weighted by Crippen LogP contribution is 2.18. The third-order valence-corrected chi connectivity index (χ3v) is 2.97. The van der Waals surface area contributed by atoms with Crippen molar-refractivity contribution in [1.82, 2.24) is 0 Å². The molecule has 0 aromatic heterocycles. The topological polar surface area (TPSA) is 43.4 Å². The Balaban J connectivity index is 2.82. The van der Waals surface area contributed by atoms with Gasteiger partial charge in [-0.1, -0.05) is 37.6 Å². The van der Waals surface area contributed by atoms with Crippen LogP contribution in [0.4, 0.5) is 0 Å². The number of methoxy groups -OCH3 is 1. The first-order valence-corrected chi connectivity index (χ1v) is 6.18. The molecule has 1 aromatic rings. The van der Waals surface area contributed by atoms with Crippen LogP contribution >= 0.6 is 11.6 Å². The van der Waals surface area contributed by atoms with Crippen LogP contribution in [0.25, 0.3) is 0 Å². The predicted molar refractivity (Wildman–Crippen MR) is 70.5 cm³/mol. The Labute approximate surface area is 112 Å². The summed E-state index contributed by atoms with van der Waals surface area (Å²) in [5.74, 6) is -1.41. The second kappa shape index (κ2) is 6.55. The highest BCUT2D eigenvalue weighted by molar-refractivity contribution is 6.30. The minimum Gasteiger partial charge on any atom is -0.468 e. The summed E-state index contributed by atoms with van der Waals surface area (Å²) in [6.07, 6.45) is 0.193. The van der Waals surface area contributed by atoms with Crippen LogP contribution in [-0.2, 0) is 20.7 Å². The molecule has 0 aliphatic heterocycles. The van der Waals surface area contributed by atoms with Gasteiger partial charge in [0.2, 0.25) is 0 Å². The molecule has 0 fully saturated rings. The van der Waals surface area contributed by atoms with Crippen LogP contribution in [0.3, 0.4) is 0 Å². The van der Waals surface area contributed by atoms with E-state index in [1.165, 1.54) is 7.11 Å². The smallest absolute Gasteiger partial charge is 0.316 e. The molecule has 0 amide bonds. The van der Waals surface area contributed by atoms with Gasteiger partial charge in [0, 0.05) is 11.4 Å². The number of carbonyl (C=O) groups is 2. The molecule has 3 nitrogen and oxygen atoms in total. The zero-order valence-corrected chi connectivity index (χ0v) is 11.5. The normalized spacial score (nSPS) is 12.3. The molecule has 18 heavy (non-hydrogen) atoms. The van der Waals surface area contributed by atoms with Gasteiger partial charge in [0.25, 0.3) is 0 Å². The zero-order valence-electron chi connectivity index (χ0n) is 10.8. The lowest BCUT2D eigenvalue weighted by Gasteiger charge is -2.17. The molecule has 0 aliphatic rings. The van der Waals surface area contributed by atoms with Crippen molar-refractivity contribution in [1.29, 1.82) is 0 Å². The Kier molecular flexibility index (Phi) is 5.35. The summed E-state index contributed by atoms with van der Waals surface area (Å²) < 4.78 is 4.67. The molecule has 0 N–H and O–H groups in total. The Bertz CT molecular complexity index is 440. The van der Waals surface area contributed by atoms with E-state index in [4.69, 9.17) is 11.6 Å². The molecule has 0 saturated heterocycles. The molecule has 4 heteroatoms. The summed E-state index contributed by atoms with van der Waals surface area (Å²) in [4.78, 5) is 23.7. The molecule has 0 aliphatic carbocycles. The van der Waals surface area contributed by atoms with Crippen LogP contribution in [0.2, 0.25) is 5.02 Å². The second-order valence-electron chi connectivity index (χ2n) is 4.52. The Morgan fingerprint density at radius 3 is 2.50 bits per heavy atom. The number of carbonyl (C=O) groups excluding carboxylic acids is 2. The fraction of sp³-hybridized carbons (Fsp3) is 0.429. The largest absolute Gasteiger partial charge is 0.468 e. The monoisotopic (exact) mass is 268 g/mol. The summed E-state index contributed by atoms with van der Waals surface area (Å²) >= 11 is 5.86. The molecule has 0 saturated carbocycles. The molecule has 1 unspecified atom stereocenters. The van der Waals surface area contributed by atoms with Gasteiger partial charge in [-0.3, -0.25) is 9.59 Å². The van der Waals surface area contributed by atoms with Gasteiger partial charge >= 0.3 is 5.97 Å². The quantitative estimate of drug-likeness (QED) is 0.609. The number of halogens is 1. The second-order valence-corrected chi connectivity index (χ2v) is 4.95. The van der Waals surface area contributed by atoms with Crippen LogP contribution < -0.4 is 0 Å². The van der Waals surface area contributed by atoms with E-state index in [1.807, 2.05) is 19.9 Å². The third-order valence-electron chi connectivity index (χ3n) is 2.74.